The van der Waals surface area contributed by atoms with Gasteiger partial charge in [-0.1, -0.05) is 87.5 Å². The summed E-state index contributed by atoms with van der Waals surface area (Å²) in [5, 5.41) is 7.31. The normalized spacial score (nSPS) is 11.3. The number of fused-ring (bicyclic) bond motifs is 3. The van der Waals surface area contributed by atoms with Gasteiger partial charge in [0.05, 0.1) is 5.69 Å². The first kappa shape index (κ1) is 33.4. The molecular formula is C42H40N4OPt. The van der Waals surface area contributed by atoms with E-state index in [2.05, 4.69) is 118 Å². The number of benzene rings is 4. The summed E-state index contributed by atoms with van der Waals surface area (Å²) in [6, 6.07) is 37.0. The standard InChI is InChI=1S/C42H40N4O.Pt/c1-6-8-13-32-23-34(46-30(5)42(29(4)44-46)33-14-10-9-11-15-33)26-36(24-32)47-35-17-18-37-38-25-31(12-7-2)16-19-39(38)45(40(37)27-35)41-22-28(3)20-21-43-41;/h9-11,14-25H,6-8,12-13H2,1-5H3;/q-2;+2. The molecule has 0 bridgehead atoms. The summed E-state index contributed by atoms with van der Waals surface area (Å²) in [6.45, 7) is 10.7. The fourth-order valence-electron chi connectivity index (χ4n) is 6.65. The zero-order valence-corrected chi connectivity index (χ0v) is 30.5. The Balaban J connectivity index is 0.00000401. The summed E-state index contributed by atoms with van der Waals surface area (Å²) in [6.07, 6.45) is 7.19. The predicted octanol–water partition coefficient (Wildman–Crippen LogP) is 10.6. The second-order valence-corrected chi connectivity index (χ2v) is 12.5. The van der Waals surface area contributed by atoms with Gasteiger partial charge in [-0.15, -0.1) is 35.7 Å². The molecule has 0 unspecified atom stereocenters. The van der Waals surface area contributed by atoms with Crippen molar-refractivity contribution in [3.8, 4) is 34.1 Å². The maximum absolute atomic E-state index is 6.62. The van der Waals surface area contributed by atoms with Gasteiger partial charge in [-0.2, -0.15) is 16.7 Å². The molecule has 5 nitrogen and oxygen atoms in total. The van der Waals surface area contributed by atoms with Crippen LogP contribution in [0.2, 0.25) is 0 Å². The minimum Gasteiger partial charge on any atom is -0.509 e. The van der Waals surface area contributed by atoms with E-state index in [1.54, 1.807) is 0 Å². The topological polar surface area (TPSA) is 44.9 Å². The Morgan fingerprint density at radius 2 is 1.58 bits per heavy atom. The van der Waals surface area contributed by atoms with Crippen LogP contribution >= 0.6 is 0 Å². The monoisotopic (exact) mass is 811 g/mol. The molecule has 0 atom stereocenters. The maximum Gasteiger partial charge on any atom is 2.00 e. The molecule has 7 aromatic rings. The zero-order valence-electron chi connectivity index (χ0n) is 28.2. The van der Waals surface area contributed by atoms with Crippen LogP contribution in [0.15, 0.2) is 91.1 Å². The molecule has 3 aromatic heterocycles. The Morgan fingerprint density at radius 3 is 2.35 bits per heavy atom. The van der Waals surface area contributed by atoms with Gasteiger partial charge in [0.25, 0.3) is 0 Å². The van der Waals surface area contributed by atoms with Crippen molar-refractivity contribution < 1.29 is 25.8 Å². The summed E-state index contributed by atoms with van der Waals surface area (Å²) >= 11 is 0. The number of nitrogens with zero attached hydrogens (tertiary/aromatic N) is 4. The number of unbranched alkanes of at least 4 members (excludes halogenated alkanes) is 1. The fourth-order valence-corrected chi connectivity index (χ4v) is 6.65. The Bertz CT molecular complexity index is 2210. The average molecular weight is 812 g/mol. The van der Waals surface area contributed by atoms with Crippen LogP contribution in [0.5, 0.6) is 11.5 Å². The van der Waals surface area contributed by atoms with Gasteiger partial charge in [0.2, 0.25) is 0 Å². The summed E-state index contributed by atoms with van der Waals surface area (Å²) in [5.41, 5.74) is 11.0. The van der Waals surface area contributed by atoms with Gasteiger partial charge in [-0.05, 0) is 73.2 Å². The molecule has 0 aliphatic carbocycles. The largest absolute Gasteiger partial charge is 2.00 e. The molecule has 6 heteroatoms. The number of aromatic nitrogens is 4. The van der Waals surface area contributed by atoms with Crippen LogP contribution < -0.4 is 4.74 Å². The van der Waals surface area contributed by atoms with Gasteiger partial charge in [0, 0.05) is 34.5 Å². The third kappa shape index (κ3) is 6.49. The van der Waals surface area contributed by atoms with Crippen molar-refractivity contribution in [3.05, 3.63) is 131 Å². The molecule has 7 rings (SSSR count). The van der Waals surface area contributed by atoms with E-state index in [1.165, 1.54) is 16.5 Å². The minimum absolute atomic E-state index is 0. The van der Waals surface area contributed by atoms with Crippen molar-refractivity contribution in [1.29, 1.82) is 0 Å². The van der Waals surface area contributed by atoms with Gasteiger partial charge in [-0.25, -0.2) is 4.98 Å². The first-order valence-corrected chi connectivity index (χ1v) is 16.7. The van der Waals surface area contributed by atoms with Gasteiger partial charge in [-0.3, -0.25) is 4.68 Å². The molecule has 48 heavy (non-hydrogen) atoms. The first-order chi connectivity index (χ1) is 22.9. The average Bonchev–Trinajstić information content (AvgIpc) is 3.56. The molecule has 0 aliphatic heterocycles. The van der Waals surface area contributed by atoms with Crippen LogP contribution in [0.4, 0.5) is 0 Å². The van der Waals surface area contributed by atoms with E-state index in [0.29, 0.717) is 11.5 Å². The van der Waals surface area contributed by atoms with Crippen molar-refractivity contribution in [2.45, 2.75) is 66.7 Å². The fraction of sp³-hybridized carbons (Fsp3) is 0.238. The van der Waals surface area contributed by atoms with E-state index in [-0.39, 0.29) is 21.1 Å². The molecule has 244 valence electrons. The van der Waals surface area contributed by atoms with E-state index in [0.717, 1.165) is 88.1 Å². The van der Waals surface area contributed by atoms with E-state index in [4.69, 9.17) is 14.8 Å². The van der Waals surface area contributed by atoms with Crippen LogP contribution in [0.25, 0.3) is 44.4 Å². The Labute approximate surface area is 297 Å². The number of ether oxygens (including phenoxy) is 1. The first-order valence-electron chi connectivity index (χ1n) is 16.7. The molecule has 0 amide bonds. The van der Waals surface area contributed by atoms with Crippen LogP contribution in [0.1, 0.15) is 61.2 Å². The van der Waals surface area contributed by atoms with Crippen molar-refractivity contribution in [2.75, 3.05) is 0 Å². The smallest absolute Gasteiger partial charge is 0.509 e. The SMILES string of the molecule is CCCCc1cc(Oc2[c-]c3c(cc2)c2cc(CCC)ccc2n3-c2cc(C)ccn2)[c-]c(-n2nc(C)c(-c3ccccc3)c2C)c1.[Pt+2]. The number of pyridine rings is 1. The summed E-state index contributed by atoms with van der Waals surface area (Å²) in [7, 11) is 0. The minimum atomic E-state index is 0. The number of rotatable bonds is 10. The van der Waals surface area contributed by atoms with Crippen molar-refractivity contribution >= 4 is 21.8 Å². The molecule has 3 heterocycles. The van der Waals surface area contributed by atoms with Gasteiger partial charge >= 0.3 is 21.1 Å². The number of hydrogen-bond donors (Lipinski definition) is 0. The Morgan fingerprint density at radius 1 is 0.750 bits per heavy atom. The maximum atomic E-state index is 6.62. The van der Waals surface area contributed by atoms with Crippen molar-refractivity contribution in [2.24, 2.45) is 0 Å². The molecule has 0 saturated carbocycles. The molecule has 0 spiro atoms. The Kier molecular flexibility index (Phi) is 9.98. The second-order valence-electron chi connectivity index (χ2n) is 12.5. The molecule has 0 N–H and O–H groups in total. The molecule has 0 saturated heterocycles. The van der Waals surface area contributed by atoms with Crippen LogP contribution in [-0.4, -0.2) is 19.3 Å². The summed E-state index contributed by atoms with van der Waals surface area (Å²) in [4.78, 5) is 4.77. The van der Waals surface area contributed by atoms with Crippen LogP contribution in [0, 0.1) is 32.9 Å². The summed E-state index contributed by atoms with van der Waals surface area (Å²) in [5.74, 6) is 2.16. The van der Waals surface area contributed by atoms with E-state index in [1.807, 2.05) is 29.1 Å². The van der Waals surface area contributed by atoms with Gasteiger partial charge < -0.3 is 9.30 Å². The molecule has 0 aliphatic rings. The molecule has 0 radical (unpaired) electrons. The van der Waals surface area contributed by atoms with Crippen LogP contribution in [0.3, 0.4) is 0 Å². The third-order valence-corrected chi connectivity index (χ3v) is 8.89. The molecule has 4 aromatic carbocycles. The van der Waals surface area contributed by atoms with Crippen LogP contribution in [-0.2, 0) is 33.9 Å². The van der Waals surface area contributed by atoms with E-state index >= 15 is 0 Å². The predicted molar refractivity (Wildman–Crippen MR) is 192 cm³/mol. The number of hydrogen-bond acceptors (Lipinski definition) is 3. The molecular weight excluding hydrogens is 772 g/mol. The van der Waals surface area contributed by atoms with Crippen molar-refractivity contribution in [3.63, 3.8) is 0 Å². The van der Waals surface area contributed by atoms with Crippen molar-refractivity contribution in [1.82, 2.24) is 19.3 Å². The Hall–Kier alpha value is -4.47. The molecule has 0 fully saturated rings. The second kappa shape index (κ2) is 14.3. The number of aryl methyl sites for hydroxylation is 4. The third-order valence-electron chi connectivity index (χ3n) is 8.89. The van der Waals surface area contributed by atoms with Gasteiger partial charge in [0.15, 0.2) is 0 Å². The summed E-state index contributed by atoms with van der Waals surface area (Å²) < 4.78 is 10.8. The van der Waals surface area contributed by atoms with E-state index < -0.39 is 0 Å². The van der Waals surface area contributed by atoms with E-state index in [9.17, 15) is 0 Å². The van der Waals surface area contributed by atoms with Gasteiger partial charge in [0.1, 0.15) is 5.82 Å². The quantitative estimate of drug-likeness (QED) is 0.129. The zero-order chi connectivity index (χ0) is 32.5.